The Balaban J connectivity index is 1.79. The van der Waals surface area contributed by atoms with Crippen molar-refractivity contribution in [1.82, 2.24) is 15.6 Å². The van der Waals surface area contributed by atoms with E-state index in [1.807, 2.05) is 24.3 Å². The van der Waals surface area contributed by atoms with Gasteiger partial charge in [-0.1, -0.05) is 18.2 Å². The Morgan fingerprint density at radius 2 is 1.88 bits per heavy atom. The molecule has 0 radical (unpaired) electrons. The maximum atomic E-state index is 5.25. The Kier molecular flexibility index (Phi) is 6.89. The van der Waals surface area contributed by atoms with E-state index in [0.717, 1.165) is 30.2 Å². The number of nitrogens with zero attached hydrogens (tertiary/aromatic N) is 2. The number of aliphatic imine (C=N–C) groups is 1. The fourth-order valence-electron chi connectivity index (χ4n) is 2.26. The highest BCUT2D eigenvalue weighted by atomic mass is 16.5. The van der Waals surface area contributed by atoms with Crippen LogP contribution in [-0.2, 0) is 13.0 Å². The average molecular weight is 328 g/mol. The van der Waals surface area contributed by atoms with Gasteiger partial charge in [-0.3, -0.25) is 4.99 Å². The summed E-state index contributed by atoms with van der Waals surface area (Å²) in [5, 5.41) is 6.56. The van der Waals surface area contributed by atoms with E-state index in [0.29, 0.717) is 12.4 Å². The molecule has 2 rings (SSSR count). The van der Waals surface area contributed by atoms with Crippen LogP contribution in [-0.4, -0.2) is 38.8 Å². The molecule has 0 aliphatic rings. The van der Waals surface area contributed by atoms with E-state index in [9.17, 15) is 0 Å². The molecule has 0 saturated heterocycles. The van der Waals surface area contributed by atoms with Crippen LogP contribution in [0, 0.1) is 0 Å². The highest BCUT2D eigenvalue weighted by molar-refractivity contribution is 5.79. The molecule has 128 valence electrons. The molecular formula is C18H24N4O2. The number of aromatic nitrogens is 1. The summed E-state index contributed by atoms with van der Waals surface area (Å²) in [7, 11) is 5.04. The fourth-order valence-corrected chi connectivity index (χ4v) is 2.26. The quantitative estimate of drug-likeness (QED) is 0.601. The smallest absolute Gasteiger partial charge is 0.218 e. The van der Waals surface area contributed by atoms with Gasteiger partial charge in [0.2, 0.25) is 5.88 Å². The number of benzene rings is 1. The van der Waals surface area contributed by atoms with Crippen molar-refractivity contribution in [3.8, 4) is 11.6 Å². The first-order chi connectivity index (χ1) is 11.8. The third kappa shape index (κ3) is 5.15. The number of hydrogen-bond acceptors (Lipinski definition) is 4. The van der Waals surface area contributed by atoms with Crippen LogP contribution in [0.2, 0.25) is 0 Å². The van der Waals surface area contributed by atoms with E-state index in [1.165, 1.54) is 5.56 Å². The van der Waals surface area contributed by atoms with Gasteiger partial charge in [0.25, 0.3) is 0 Å². The van der Waals surface area contributed by atoms with Crippen molar-refractivity contribution >= 4 is 5.96 Å². The molecule has 1 aromatic heterocycles. The van der Waals surface area contributed by atoms with Crippen LogP contribution in [0.3, 0.4) is 0 Å². The van der Waals surface area contributed by atoms with Gasteiger partial charge in [0.1, 0.15) is 5.75 Å². The normalized spacial score (nSPS) is 11.0. The third-order valence-corrected chi connectivity index (χ3v) is 3.58. The lowest BCUT2D eigenvalue weighted by atomic mass is 10.1. The largest absolute Gasteiger partial charge is 0.497 e. The van der Waals surface area contributed by atoms with E-state index in [4.69, 9.17) is 9.47 Å². The minimum atomic E-state index is 0.596. The third-order valence-electron chi connectivity index (χ3n) is 3.58. The number of guanidine groups is 1. The number of nitrogens with one attached hydrogen (secondary N) is 2. The van der Waals surface area contributed by atoms with Gasteiger partial charge in [-0.15, -0.1) is 0 Å². The number of hydrogen-bond donors (Lipinski definition) is 2. The van der Waals surface area contributed by atoms with Gasteiger partial charge >= 0.3 is 0 Å². The number of pyridine rings is 1. The van der Waals surface area contributed by atoms with Crippen molar-refractivity contribution in [2.45, 2.75) is 13.0 Å². The second kappa shape index (κ2) is 9.39. The molecule has 6 nitrogen and oxygen atoms in total. The molecule has 0 spiro atoms. The molecule has 0 amide bonds. The molecule has 6 heteroatoms. The summed E-state index contributed by atoms with van der Waals surface area (Å²) in [5.74, 6) is 2.24. The van der Waals surface area contributed by atoms with Crippen molar-refractivity contribution in [1.29, 1.82) is 0 Å². The number of methoxy groups -OCH3 is 2. The van der Waals surface area contributed by atoms with Crippen LogP contribution in [0.4, 0.5) is 0 Å². The number of rotatable bonds is 7. The van der Waals surface area contributed by atoms with Crippen LogP contribution in [0.1, 0.15) is 11.1 Å². The molecule has 0 bridgehead atoms. The summed E-state index contributed by atoms with van der Waals surface area (Å²) in [6.45, 7) is 1.38. The zero-order valence-corrected chi connectivity index (χ0v) is 14.4. The topological polar surface area (TPSA) is 67.8 Å². The van der Waals surface area contributed by atoms with Gasteiger partial charge < -0.3 is 20.1 Å². The minimum absolute atomic E-state index is 0.596. The summed E-state index contributed by atoms with van der Waals surface area (Å²) in [6, 6.07) is 11.9. The molecule has 0 saturated carbocycles. The Morgan fingerprint density at radius 3 is 2.54 bits per heavy atom. The van der Waals surface area contributed by atoms with Crippen LogP contribution >= 0.6 is 0 Å². The molecule has 0 fully saturated rings. The number of ether oxygens (including phenoxy) is 2. The van der Waals surface area contributed by atoms with Crippen molar-refractivity contribution < 1.29 is 9.47 Å². The van der Waals surface area contributed by atoms with Crippen LogP contribution < -0.4 is 20.1 Å². The van der Waals surface area contributed by atoms with Crippen molar-refractivity contribution in [3.63, 3.8) is 0 Å². The van der Waals surface area contributed by atoms with Crippen molar-refractivity contribution in [3.05, 3.63) is 53.7 Å². The highest BCUT2D eigenvalue weighted by Crippen LogP contribution is 2.13. The molecule has 24 heavy (non-hydrogen) atoms. The Bertz CT molecular complexity index is 656. The SMILES string of the molecule is CN=C(NCCc1ccc(OC)cc1)NCc1cccnc1OC. The van der Waals surface area contributed by atoms with Crippen LogP contribution in [0.25, 0.3) is 0 Å². The first kappa shape index (κ1) is 17.6. The molecule has 0 aliphatic heterocycles. The first-order valence-electron chi connectivity index (χ1n) is 7.82. The Morgan fingerprint density at radius 1 is 1.08 bits per heavy atom. The predicted octanol–water partition coefficient (Wildman–Crippen LogP) is 2.01. The monoisotopic (exact) mass is 328 g/mol. The average Bonchev–Trinajstić information content (AvgIpc) is 2.65. The summed E-state index contributed by atoms with van der Waals surface area (Å²) in [5.41, 5.74) is 2.23. The van der Waals surface area contributed by atoms with Gasteiger partial charge in [0.05, 0.1) is 14.2 Å². The van der Waals surface area contributed by atoms with Crippen LogP contribution in [0.5, 0.6) is 11.6 Å². The zero-order chi connectivity index (χ0) is 17.2. The zero-order valence-electron chi connectivity index (χ0n) is 14.4. The molecule has 2 aromatic rings. The standard InChI is InChI=1S/C18H24N4O2/c1-19-18(22-13-15-5-4-11-20-17(15)24-3)21-12-10-14-6-8-16(23-2)9-7-14/h4-9,11H,10,12-13H2,1-3H3,(H2,19,21,22). The van der Waals surface area contributed by atoms with E-state index in [2.05, 4.69) is 32.7 Å². The summed E-state index contributed by atoms with van der Waals surface area (Å²) < 4.78 is 10.4. The van der Waals surface area contributed by atoms with Gasteiger partial charge in [0, 0.05) is 31.9 Å². The lowest BCUT2D eigenvalue weighted by molar-refractivity contribution is 0.392. The lowest BCUT2D eigenvalue weighted by Gasteiger charge is -2.13. The molecule has 0 atom stereocenters. The van der Waals surface area contributed by atoms with E-state index in [-0.39, 0.29) is 0 Å². The van der Waals surface area contributed by atoms with E-state index >= 15 is 0 Å². The molecule has 0 unspecified atom stereocenters. The van der Waals surface area contributed by atoms with Gasteiger partial charge in [0.15, 0.2) is 5.96 Å². The van der Waals surface area contributed by atoms with Crippen molar-refractivity contribution in [2.24, 2.45) is 4.99 Å². The molecule has 1 heterocycles. The molecular weight excluding hydrogens is 304 g/mol. The Labute approximate surface area is 142 Å². The predicted molar refractivity (Wildman–Crippen MR) is 95.7 cm³/mol. The fraction of sp³-hybridized carbons (Fsp3) is 0.333. The molecule has 2 N–H and O–H groups in total. The summed E-state index contributed by atoms with van der Waals surface area (Å²) in [6.07, 6.45) is 2.62. The first-order valence-corrected chi connectivity index (χ1v) is 7.82. The lowest BCUT2D eigenvalue weighted by Crippen LogP contribution is -2.37. The maximum Gasteiger partial charge on any atom is 0.218 e. The summed E-state index contributed by atoms with van der Waals surface area (Å²) >= 11 is 0. The second-order valence-electron chi connectivity index (χ2n) is 5.12. The van der Waals surface area contributed by atoms with E-state index < -0.39 is 0 Å². The van der Waals surface area contributed by atoms with Gasteiger partial charge in [-0.25, -0.2) is 4.98 Å². The van der Waals surface area contributed by atoms with E-state index in [1.54, 1.807) is 27.5 Å². The minimum Gasteiger partial charge on any atom is -0.497 e. The molecule has 0 aliphatic carbocycles. The van der Waals surface area contributed by atoms with Gasteiger partial charge in [-0.2, -0.15) is 0 Å². The van der Waals surface area contributed by atoms with Crippen LogP contribution in [0.15, 0.2) is 47.6 Å². The summed E-state index contributed by atoms with van der Waals surface area (Å²) in [4.78, 5) is 8.41. The molecule has 1 aromatic carbocycles. The Hall–Kier alpha value is -2.76. The second-order valence-corrected chi connectivity index (χ2v) is 5.12. The maximum absolute atomic E-state index is 5.25. The van der Waals surface area contributed by atoms with Crippen molar-refractivity contribution in [2.75, 3.05) is 27.8 Å². The highest BCUT2D eigenvalue weighted by Gasteiger charge is 2.04. The van der Waals surface area contributed by atoms with Gasteiger partial charge in [-0.05, 0) is 30.2 Å².